The van der Waals surface area contributed by atoms with Crippen LogP contribution in [0.2, 0.25) is 0 Å². The van der Waals surface area contributed by atoms with Gasteiger partial charge in [-0.2, -0.15) is 0 Å². The average Bonchev–Trinajstić information content (AvgIpc) is 3.05. The van der Waals surface area contributed by atoms with Crippen LogP contribution in [-0.4, -0.2) is 4.57 Å². The summed E-state index contributed by atoms with van der Waals surface area (Å²) in [7, 11) is 0. The van der Waals surface area contributed by atoms with Crippen molar-refractivity contribution in [3.05, 3.63) is 108 Å². The molecule has 5 rings (SSSR count). The molecular formula is C25H20N2. The number of hydrogen-bond donors (Lipinski definition) is 1. The lowest BCUT2D eigenvalue weighted by Crippen LogP contribution is -1.98. The Kier molecular flexibility index (Phi) is 3.68. The highest BCUT2D eigenvalue weighted by atomic mass is 15.0. The molecule has 4 aromatic carbocycles. The average molecular weight is 348 g/mol. The minimum Gasteiger partial charge on any atom is -0.397 e. The number of rotatable bonds is 3. The van der Waals surface area contributed by atoms with Crippen LogP contribution in [-0.2, 0) is 6.42 Å². The van der Waals surface area contributed by atoms with Crippen LogP contribution in [0.15, 0.2) is 97.1 Å². The number of fused-ring (bicyclic) bond motifs is 3. The molecule has 5 aromatic rings. The summed E-state index contributed by atoms with van der Waals surface area (Å²) in [6.45, 7) is 0. The molecule has 0 fully saturated rings. The first-order valence-corrected chi connectivity index (χ1v) is 9.22. The van der Waals surface area contributed by atoms with E-state index in [0.717, 1.165) is 23.3 Å². The number of nitrogen functional groups attached to an aromatic ring is 1. The Hall–Kier alpha value is -3.52. The van der Waals surface area contributed by atoms with E-state index in [1.807, 2.05) is 6.07 Å². The molecule has 2 nitrogen and oxygen atoms in total. The lowest BCUT2D eigenvalue weighted by atomic mass is 10.0. The zero-order valence-electron chi connectivity index (χ0n) is 15.0. The van der Waals surface area contributed by atoms with Crippen molar-refractivity contribution in [2.24, 2.45) is 0 Å². The number of nitrogens with two attached hydrogens (primary N) is 1. The van der Waals surface area contributed by atoms with Crippen molar-refractivity contribution in [2.75, 3.05) is 5.73 Å². The summed E-state index contributed by atoms with van der Waals surface area (Å²) in [6.07, 6.45) is 0.881. The second-order valence-electron chi connectivity index (χ2n) is 6.93. The van der Waals surface area contributed by atoms with Gasteiger partial charge in [0.2, 0.25) is 0 Å². The van der Waals surface area contributed by atoms with Gasteiger partial charge in [0.15, 0.2) is 0 Å². The van der Waals surface area contributed by atoms with E-state index in [1.54, 1.807) is 0 Å². The third kappa shape index (κ3) is 2.67. The lowest BCUT2D eigenvalue weighted by Gasteiger charge is -2.10. The van der Waals surface area contributed by atoms with E-state index in [4.69, 9.17) is 5.73 Å². The maximum atomic E-state index is 6.59. The Morgan fingerprint density at radius 2 is 1.30 bits per heavy atom. The third-order valence-corrected chi connectivity index (χ3v) is 5.12. The summed E-state index contributed by atoms with van der Waals surface area (Å²) in [5.41, 5.74) is 13.3. The van der Waals surface area contributed by atoms with Crippen LogP contribution >= 0.6 is 0 Å². The molecule has 0 bridgehead atoms. The van der Waals surface area contributed by atoms with Crippen molar-refractivity contribution in [1.82, 2.24) is 4.57 Å². The molecule has 0 saturated carbocycles. The summed E-state index contributed by atoms with van der Waals surface area (Å²) >= 11 is 0. The van der Waals surface area contributed by atoms with Gasteiger partial charge in [0.25, 0.3) is 0 Å². The molecule has 27 heavy (non-hydrogen) atoms. The van der Waals surface area contributed by atoms with Crippen LogP contribution in [0.25, 0.3) is 27.5 Å². The van der Waals surface area contributed by atoms with E-state index in [2.05, 4.69) is 95.6 Å². The Labute approximate surface area is 158 Å². The number of aromatic nitrogens is 1. The topological polar surface area (TPSA) is 30.9 Å². The van der Waals surface area contributed by atoms with Crippen molar-refractivity contribution in [3.63, 3.8) is 0 Å². The Morgan fingerprint density at radius 1 is 0.630 bits per heavy atom. The largest absolute Gasteiger partial charge is 0.397 e. The fraction of sp³-hybridized carbons (Fsp3) is 0.0400. The predicted octanol–water partition coefficient (Wildman–Crippen LogP) is 5.96. The van der Waals surface area contributed by atoms with E-state index in [-0.39, 0.29) is 0 Å². The van der Waals surface area contributed by atoms with E-state index in [1.165, 1.54) is 27.4 Å². The smallest absolute Gasteiger partial charge is 0.0771 e. The Bertz CT molecular complexity index is 1240. The third-order valence-electron chi connectivity index (χ3n) is 5.12. The summed E-state index contributed by atoms with van der Waals surface area (Å²) in [4.78, 5) is 0. The van der Waals surface area contributed by atoms with Gasteiger partial charge in [-0.25, -0.2) is 0 Å². The Morgan fingerprint density at radius 3 is 2.07 bits per heavy atom. The zero-order chi connectivity index (χ0) is 18.2. The standard InChI is InChI=1S/C25H20N2/c26-23-17-19(15-18-9-3-1-4-10-18)16-22-21-13-7-8-14-24(21)27(25(22)23)20-11-5-2-6-12-20/h1-14,16-17H,15,26H2. The highest BCUT2D eigenvalue weighted by Crippen LogP contribution is 2.36. The number of anilines is 1. The number of benzene rings is 4. The lowest BCUT2D eigenvalue weighted by molar-refractivity contribution is 1.17. The van der Waals surface area contributed by atoms with Gasteiger partial charge in [0.1, 0.15) is 0 Å². The molecule has 0 amide bonds. The van der Waals surface area contributed by atoms with Gasteiger partial charge >= 0.3 is 0 Å². The van der Waals surface area contributed by atoms with Crippen LogP contribution in [0.4, 0.5) is 5.69 Å². The molecule has 0 unspecified atom stereocenters. The summed E-state index contributed by atoms with van der Waals surface area (Å²) in [6, 6.07) is 33.9. The first-order valence-electron chi connectivity index (χ1n) is 9.22. The van der Waals surface area contributed by atoms with Gasteiger partial charge in [-0.15, -0.1) is 0 Å². The van der Waals surface area contributed by atoms with E-state index < -0.39 is 0 Å². The van der Waals surface area contributed by atoms with Crippen LogP contribution < -0.4 is 5.73 Å². The SMILES string of the molecule is Nc1cc(Cc2ccccc2)cc2c3ccccc3n(-c3ccccc3)c12. The van der Waals surface area contributed by atoms with E-state index in [9.17, 15) is 0 Å². The fourth-order valence-electron chi connectivity index (χ4n) is 3.97. The summed E-state index contributed by atoms with van der Waals surface area (Å²) < 4.78 is 2.27. The molecular weight excluding hydrogens is 328 g/mol. The molecule has 1 heterocycles. The monoisotopic (exact) mass is 348 g/mol. The molecule has 1 aromatic heterocycles. The van der Waals surface area contributed by atoms with Crippen LogP contribution in [0.5, 0.6) is 0 Å². The van der Waals surface area contributed by atoms with Gasteiger partial charge in [-0.3, -0.25) is 0 Å². The van der Waals surface area contributed by atoms with Crippen molar-refractivity contribution < 1.29 is 0 Å². The normalized spacial score (nSPS) is 11.3. The molecule has 0 aliphatic heterocycles. The van der Waals surface area contributed by atoms with Crippen LogP contribution in [0.3, 0.4) is 0 Å². The van der Waals surface area contributed by atoms with E-state index in [0.29, 0.717) is 0 Å². The molecule has 0 aliphatic carbocycles. The van der Waals surface area contributed by atoms with Crippen molar-refractivity contribution in [1.29, 1.82) is 0 Å². The molecule has 2 N–H and O–H groups in total. The summed E-state index contributed by atoms with van der Waals surface area (Å²) in [5.74, 6) is 0. The van der Waals surface area contributed by atoms with Crippen LogP contribution in [0.1, 0.15) is 11.1 Å². The minimum absolute atomic E-state index is 0.818. The van der Waals surface area contributed by atoms with Crippen molar-refractivity contribution in [3.8, 4) is 5.69 Å². The fourth-order valence-corrected chi connectivity index (χ4v) is 3.97. The molecule has 2 heteroatoms. The van der Waals surface area contributed by atoms with Gasteiger partial charge in [-0.1, -0.05) is 66.7 Å². The first kappa shape index (κ1) is 15.7. The molecule has 0 aliphatic rings. The zero-order valence-corrected chi connectivity index (χ0v) is 15.0. The first-order chi connectivity index (χ1) is 13.3. The number of para-hydroxylation sites is 2. The Balaban J connectivity index is 1.78. The number of nitrogens with zero attached hydrogens (tertiary/aromatic N) is 1. The maximum absolute atomic E-state index is 6.59. The second-order valence-corrected chi connectivity index (χ2v) is 6.93. The molecule has 130 valence electrons. The van der Waals surface area contributed by atoms with Gasteiger partial charge in [0, 0.05) is 16.5 Å². The van der Waals surface area contributed by atoms with Crippen LogP contribution in [0, 0.1) is 0 Å². The van der Waals surface area contributed by atoms with E-state index >= 15 is 0 Å². The predicted molar refractivity (Wildman–Crippen MR) is 114 cm³/mol. The molecule has 0 saturated heterocycles. The van der Waals surface area contributed by atoms with Gasteiger partial charge in [-0.05, 0) is 47.9 Å². The maximum Gasteiger partial charge on any atom is 0.0771 e. The highest BCUT2D eigenvalue weighted by molar-refractivity contribution is 6.13. The van der Waals surface area contributed by atoms with Gasteiger partial charge < -0.3 is 10.3 Å². The second kappa shape index (κ2) is 6.33. The summed E-state index contributed by atoms with van der Waals surface area (Å²) in [5, 5.41) is 2.44. The molecule has 0 spiro atoms. The molecule has 0 radical (unpaired) electrons. The van der Waals surface area contributed by atoms with Crippen molar-refractivity contribution >= 4 is 27.5 Å². The number of hydrogen-bond acceptors (Lipinski definition) is 1. The van der Waals surface area contributed by atoms with Gasteiger partial charge in [0.05, 0.1) is 16.7 Å². The highest BCUT2D eigenvalue weighted by Gasteiger charge is 2.15. The molecule has 0 atom stereocenters. The van der Waals surface area contributed by atoms with Crippen molar-refractivity contribution in [2.45, 2.75) is 6.42 Å². The minimum atomic E-state index is 0.818. The quantitative estimate of drug-likeness (QED) is 0.401.